The van der Waals surface area contributed by atoms with Gasteiger partial charge >= 0.3 is 0 Å². The molecule has 1 unspecified atom stereocenters. The minimum absolute atomic E-state index is 0.0221. The van der Waals surface area contributed by atoms with Gasteiger partial charge in [-0.15, -0.1) is 0 Å². The zero-order valence-electron chi connectivity index (χ0n) is 13.9. The van der Waals surface area contributed by atoms with Gasteiger partial charge in [-0.2, -0.15) is 0 Å². The smallest absolute Gasteiger partial charge is 0.263 e. The molecule has 1 aliphatic carbocycles. The number of pyridine rings is 1. The summed E-state index contributed by atoms with van der Waals surface area (Å²) in [4.78, 5) is 18.9. The summed E-state index contributed by atoms with van der Waals surface area (Å²) in [6.45, 7) is 4.42. The van der Waals surface area contributed by atoms with Crippen molar-refractivity contribution in [1.82, 2.24) is 9.88 Å². The molecule has 2 aromatic rings. The van der Waals surface area contributed by atoms with Crippen molar-refractivity contribution in [2.24, 2.45) is 0 Å². The average molecular weight is 389 g/mol. The highest BCUT2D eigenvalue weighted by atomic mass is 79.9. The molecule has 1 heterocycles. The van der Waals surface area contributed by atoms with Gasteiger partial charge in [0.1, 0.15) is 5.75 Å². The van der Waals surface area contributed by atoms with Gasteiger partial charge in [0.15, 0.2) is 6.10 Å². The highest BCUT2D eigenvalue weighted by Gasteiger charge is 2.35. The number of carbonyl (C=O) groups is 1. The van der Waals surface area contributed by atoms with Crippen LogP contribution in [0.25, 0.3) is 0 Å². The van der Waals surface area contributed by atoms with E-state index in [1.165, 1.54) is 0 Å². The molecule has 0 saturated heterocycles. The maximum Gasteiger partial charge on any atom is 0.263 e. The van der Waals surface area contributed by atoms with E-state index in [9.17, 15) is 4.79 Å². The summed E-state index contributed by atoms with van der Waals surface area (Å²) >= 11 is 3.50. The van der Waals surface area contributed by atoms with E-state index in [0.29, 0.717) is 18.3 Å². The molecule has 1 aromatic carbocycles. The molecule has 4 nitrogen and oxygen atoms in total. The van der Waals surface area contributed by atoms with Crippen LogP contribution in [-0.4, -0.2) is 27.9 Å². The Balaban J connectivity index is 1.70. The second-order valence-electron chi connectivity index (χ2n) is 6.25. The van der Waals surface area contributed by atoms with Crippen LogP contribution in [0.5, 0.6) is 5.75 Å². The Morgan fingerprint density at radius 1 is 1.42 bits per heavy atom. The van der Waals surface area contributed by atoms with E-state index in [4.69, 9.17) is 4.74 Å². The lowest BCUT2D eigenvalue weighted by atomic mass is 10.2. The fraction of sp³-hybridized carbons (Fsp3) is 0.368. The fourth-order valence-electron chi connectivity index (χ4n) is 2.64. The summed E-state index contributed by atoms with van der Waals surface area (Å²) in [7, 11) is 0. The van der Waals surface area contributed by atoms with Crippen LogP contribution in [0, 0.1) is 6.92 Å². The Kier molecular flexibility index (Phi) is 5.19. The van der Waals surface area contributed by atoms with Crippen molar-refractivity contribution < 1.29 is 9.53 Å². The topological polar surface area (TPSA) is 42.4 Å². The largest absolute Gasteiger partial charge is 0.480 e. The molecule has 0 N–H and O–H groups in total. The summed E-state index contributed by atoms with van der Waals surface area (Å²) in [6.07, 6.45) is 5.15. The zero-order chi connectivity index (χ0) is 17.1. The molecule has 0 spiro atoms. The van der Waals surface area contributed by atoms with Crippen LogP contribution in [0.1, 0.15) is 30.9 Å². The summed E-state index contributed by atoms with van der Waals surface area (Å²) < 4.78 is 6.77. The molecule has 1 fully saturated rings. The Morgan fingerprint density at radius 3 is 2.83 bits per heavy atom. The Hall–Kier alpha value is -1.88. The molecule has 1 aromatic heterocycles. The molecular weight excluding hydrogens is 368 g/mol. The van der Waals surface area contributed by atoms with E-state index in [1.807, 2.05) is 55.3 Å². The predicted molar refractivity (Wildman–Crippen MR) is 96.8 cm³/mol. The first-order valence-corrected chi connectivity index (χ1v) is 8.96. The van der Waals surface area contributed by atoms with Gasteiger partial charge in [0.25, 0.3) is 5.91 Å². The Labute approximate surface area is 151 Å². The minimum Gasteiger partial charge on any atom is -0.480 e. The Morgan fingerprint density at radius 2 is 2.21 bits per heavy atom. The van der Waals surface area contributed by atoms with E-state index in [2.05, 4.69) is 20.9 Å². The molecule has 0 radical (unpaired) electrons. The summed E-state index contributed by atoms with van der Waals surface area (Å²) in [5.41, 5.74) is 2.19. The molecule has 1 amide bonds. The number of benzene rings is 1. The molecular formula is C19H21BrN2O2. The average Bonchev–Trinajstić information content (AvgIpc) is 3.40. The van der Waals surface area contributed by atoms with E-state index >= 15 is 0 Å². The molecule has 1 saturated carbocycles. The standard InChI is InChI=1S/C19H21BrN2O2/c1-13-5-8-18(17(20)10-13)24-14(2)19(23)22(16-6-7-16)12-15-4-3-9-21-11-15/h3-5,8-11,14,16H,6-7,12H2,1-2H3. The molecule has 1 atom stereocenters. The second kappa shape index (κ2) is 7.34. The maximum atomic E-state index is 12.9. The summed E-state index contributed by atoms with van der Waals surface area (Å²) in [6, 6.07) is 10.1. The van der Waals surface area contributed by atoms with Crippen LogP contribution >= 0.6 is 15.9 Å². The number of ether oxygens (including phenoxy) is 1. The van der Waals surface area contributed by atoms with E-state index in [0.717, 1.165) is 28.4 Å². The van der Waals surface area contributed by atoms with Crippen LogP contribution in [0.15, 0.2) is 47.2 Å². The van der Waals surface area contributed by atoms with Crippen LogP contribution in [0.3, 0.4) is 0 Å². The third-order valence-electron chi connectivity index (χ3n) is 4.09. The number of hydrogen-bond acceptors (Lipinski definition) is 3. The van der Waals surface area contributed by atoms with Crippen molar-refractivity contribution in [3.05, 3.63) is 58.3 Å². The van der Waals surface area contributed by atoms with Gasteiger partial charge in [-0.05, 0) is 71.9 Å². The first-order chi connectivity index (χ1) is 11.5. The highest BCUT2D eigenvalue weighted by Crippen LogP contribution is 2.31. The molecule has 24 heavy (non-hydrogen) atoms. The van der Waals surface area contributed by atoms with Gasteiger partial charge in [-0.3, -0.25) is 9.78 Å². The maximum absolute atomic E-state index is 12.9. The molecule has 0 aliphatic heterocycles. The van der Waals surface area contributed by atoms with E-state index in [1.54, 1.807) is 6.20 Å². The molecule has 5 heteroatoms. The van der Waals surface area contributed by atoms with Crippen molar-refractivity contribution in [3.63, 3.8) is 0 Å². The van der Waals surface area contributed by atoms with Crippen LogP contribution in [-0.2, 0) is 11.3 Å². The Bertz CT molecular complexity index is 717. The van der Waals surface area contributed by atoms with Gasteiger partial charge in [-0.25, -0.2) is 0 Å². The van der Waals surface area contributed by atoms with Crippen molar-refractivity contribution in [2.75, 3.05) is 0 Å². The lowest BCUT2D eigenvalue weighted by Crippen LogP contribution is -2.41. The monoisotopic (exact) mass is 388 g/mol. The first kappa shape index (κ1) is 17.0. The molecule has 126 valence electrons. The SMILES string of the molecule is Cc1ccc(OC(C)C(=O)N(Cc2cccnc2)C2CC2)c(Br)c1. The van der Waals surface area contributed by atoms with Crippen molar-refractivity contribution in [2.45, 2.75) is 45.4 Å². The normalized spacial score (nSPS) is 15.0. The number of amides is 1. The number of nitrogens with zero attached hydrogens (tertiary/aromatic N) is 2. The van der Waals surface area contributed by atoms with Gasteiger partial charge in [0.2, 0.25) is 0 Å². The number of halogens is 1. The van der Waals surface area contributed by atoms with Crippen LogP contribution in [0.4, 0.5) is 0 Å². The first-order valence-electron chi connectivity index (χ1n) is 8.17. The van der Waals surface area contributed by atoms with Crippen molar-refractivity contribution in [3.8, 4) is 5.75 Å². The molecule has 3 rings (SSSR count). The van der Waals surface area contributed by atoms with E-state index in [-0.39, 0.29) is 5.91 Å². The molecule has 0 bridgehead atoms. The second-order valence-corrected chi connectivity index (χ2v) is 7.11. The minimum atomic E-state index is -0.527. The molecule has 1 aliphatic rings. The summed E-state index contributed by atoms with van der Waals surface area (Å²) in [5.74, 6) is 0.715. The lowest BCUT2D eigenvalue weighted by molar-refractivity contribution is -0.139. The van der Waals surface area contributed by atoms with E-state index < -0.39 is 6.10 Å². The number of aromatic nitrogens is 1. The van der Waals surface area contributed by atoms with Gasteiger partial charge in [0.05, 0.1) is 4.47 Å². The quantitative estimate of drug-likeness (QED) is 0.747. The third kappa shape index (κ3) is 4.15. The number of hydrogen-bond donors (Lipinski definition) is 0. The summed E-state index contributed by atoms with van der Waals surface area (Å²) in [5, 5.41) is 0. The van der Waals surface area contributed by atoms with Crippen LogP contribution in [0.2, 0.25) is 0 Å². The highest BCUT2D eigenvalue weighted by molar-refractivity contribution is 9.10. The van der Waals surface area contributed by atoms with Gasteiger partial charge < -0.3 is 9.64 Å². The zero-order valence-corrected chi connectivity index (χ0v) is 15.5. The predicted octanol–water partition coefficient (Wildman–Crippen LogP) is 4.11. The number of rotatable bonds is 6. The number of aryl methyl sites for hydroxylation is 1. The third-order valence-corrected chi connectivity index (χ3v) is 4.71. The van der Waals surface area contributed by atoms with Crippen molar-refractivity contribution >= 4 is 21.8 Å². The number of carbonyl (C=O) groups excluding carboxylic acids is 1. The van der Waals surface area contributed by atoms with Gasteiger partial charge in [0, 0.05) is 25.0 Å². The van der Waals surface area contributed by atoms with Gasteiger partial charge in [-0.1, -0.05) is 12.1 Å². The van der Waals surface area contributed by atoms with Crippen LogP contribution < -0.4 is 4.74 Å². The lowest BCUT2D eigenvalue weighted by Gasteiger charge is -2.26. The van der Waals surface area contributed by atoms with Crippen molar-refractivity contribution in [1.29, 1.82) is 0 Å². The fourth-order valence-corrected chi connectivity index (χ4v) is 3.22.